The van der Waals surface area contributed by atoms with Gasteiger partial charge in [0, 0.05) is 5.56 Å². The zero-order chi connectivity index (χ0) is 14.7. The van der Waals surface area contributed by atoms with E-state index in [1.807, 2.05) is 60.7 Å². The van der Waals surface area contributed by atoms with Crippen LogP contribution in [0.5, 0.6) is 0 Å². The van der Waals surface area contributed by atoms with Crippen LogP contribution in [0.15, 0.2) is 66.7 Å². The summed E-state index contributed by atoms with van der Waals surface area (Å²) in [6.45, 7) is 0. The van der Waals surface area contributed by atoms with Gasteiger partial charge in [-0.05, 0) is 18.2 Å². The van der Waals surface area contributed by atoms with Crippen LogP contribution in [0.25, 0.3) is 16.9 Å². The number of rotatable bonds is 3. The Hall–Kier alpha value is -2.92. The van der Waals surface area contributed by atoms with Gasteiger partial charge in [0.1, 0.15) is 5.69 Å². The van der Waals surface area contributed by atoms with Crippen LogP contribution in [0.2, 0.25) is 0 Å². The van der Waals surface area contributed by atoms with E-state index < -0.39 is 5.91 Å². The van der Waals surface area contributed by atoms with Crippen LogP contribution in [-0.2, 0) is 0 Å². The number of hydrogen-bond donors (Lipinski definition) is 2. The number of para-hydroxylation sites is 1. The third-order valence-electron chi connectivity index (χ3n) is 3.11. The molecule has 104 valence electrons. The van der Waals surface area contributed by atoms with E-state index >= 15 is 0 Å². The molecule has 0 spiro atoms. The molecule has 0 bridgehead atoms. The molecule has 21 heavy (non-hydrogen) atoms. The van der Waals surface area contributed by atoms with Crippen LogP contribution in [0.4, 0.5) is 0 Å². The van der Waals surface area contributed by atoms with Crippen LogP contribution in [0.1, 0.15) is 10.5 Å². The number of hydroxylamine groups is 1. The van der Waals surface area contributed by atoms with Gasteiger partial charge in [-0.1, -0.05) is 48.5 Å². The maximum absolute atomic E-state index is 11.8. The topological polar surface area (TPSA) is 67.2 Å². The molecule has 3 aromatic rings. The van der Waals surface area contributed by atoms with E-state index in [0.717, 1.165) is 11.3 Å². The molecule has 1 aromatic heterocycles. The first kappa shape index (κ1) is 13.1. The van der Waals surface area contributed by atoms with Gasteiger partial charge in [-0.3, -0.25) is 10.0 Å². The predicted molar refractivity (Wildman–Crippen MR) is 78.3 cm³/mol. The lowest BCUT2D eigenvalue weighted by atomic mass is 10.1. The summed E-state index contributed by atoms with van der Waals surface area (Å²) in [7, 11) is 0. The lowest BCUT2D eigenvalue weighted by molar-refractivity contribution is 0.0697. The molecule has 0 saturated heterocycles. The van der Waals surface area contributed by atoms with Gasteiger partial charge in [-0.15, -0.1) is 0 Å². The Labute approximate surface area is 121 Å². The largest absolute Gasteiger partial charge is 0.293 e. The van der Waals surface area contributed by atoms with Crippen molar-refractivity contribution in [1.29, 1.82) is 0 Å². The molecule has 0 aliphatic heterocycles. The molecule has 1 amide bonds. The van der Waals surface area contributed by atoms with Crippen LogP contribution in [0.3, 0.4) is 0 Å². The van der Waals surface area contributed by atoms with Crippen molar-refractivity contribution in [2.24, 2.45) is 0 Å². The highest BCUT2D eigenvalue weighted by Gasteiger charge is 2.16. The number of nitrogens with one attached hydrogen (secondary N) is 1. The van der Waals surface area contributed by atoms with Crippen molar-refractivity contribution in [3.8, 4) is 16.9 Å². The average Bonchev–Trinajstić information content (AvgIpc) is 3.01. The smallest absolute Gasteiger partial charge is 0.288 e. The van der Waals surface area contributed by atoms with Gasteiger partial charge in [0.2, 0.25) is 0 Å². The highest BCUT2D eigenvalue weighted by atomic mass is 16.5. The molecule has 0 unspecified atom stereocenters. The summed E-state index contributed by atoms with van der Waals surface area (Å²) in [4.78, 5) is 11.8. The number of hydrogen-bond acceptors (Lipinski definition) is 3. The standard InChI is InChI=1S/C16H13N3O2/c20-16(18-21)15-11-14(12-7-3-1-4-8-12)17-19(15)13-9-5-2-6-10-13/h1-11,21H,(H,18,20). The van der Waals surface area contributed by atoms with Crippen molar-refractivity contribution in [2.75, 3.05) is 0 Å². The number of nitrogens with zero attached hydrogens (tertiary/aromatic N) is 2. The maximum Gasteiger partial charge on any atom is 0.293 e. The van der Waals surface area contributed by atoms with Gasteiger partial charge in [0.15, 0.2) is 0 Å². The molecule has 1 heterocycles. The number of carbonyl (C=O) groups is 1. The average molecular weight is 279 g/mol. The minimum atomic E-state index is -0.603. The maximum atomic E-state index is 11.8. The summed E-state index contributed by atoms with van der Waals surface area (Å²) in [6, 6.07) is 20.5. The number of benzene rings is 2. The van der Waals surface area contributed by atoms with Crippen LogP contribution in [0, 0.1) is 0 Å². The van der Waals surface area contributed by atoms with Gasteiger partial charge in [0.25, 0.3) is 5.91 Å². The molecule has 0 aliphatic carbocycles. The Kier molecular flexibility index (Phi) is 3.49. The summed E-state index contributed by atoms with van der Waals surface area (Å²) in [5, 5.41) is 13.4. The van der Waals surface area contributed by atoms with Crippen molar-refractivity contribution >= 4 is 5.91 Å². The Morgan fingerprint density at radius 2 is 1.62 bits per heavy atom. The Morgan fingerprint density at radius 1 is 1.00 bits per heavy atom. The van der Waals surface area contributed by atoms with E-state index in [2.05, 4.69) is 5.10 Å². The first-order valence-corrected chi connectivity index (χ1v) is 6.45. The van der Waals surface area contributed by atoms with E-state index in [1.165, 1.54) is 4.68 Å². The van der Waals surface area contributed by atoms with Crippen molar-refractivity contribution in [3.63, 3.8) is 0 Å². The van der Waals surface area contributed by atoms with Crippen LogP contribution in [-0.4, -0.2) is 20.9 Å². The van der Waals surface area contributed by atoms with E-state index in [1.54, 1.807) is 11.5 Å². The van der Waals surface area contributed by atoms with Gasteiger partial charge >= 0.3 is 0 Å². The Bertz CT molecular complexity index is 752. The van der Waals surface area contributed by atoms with Gasteiger partial charge in [-0.25, -0.2) is 10.2 Å². The normalized spacial score (nSPS) is 10.3. The summed E-state index contributed by atoms with van der Waals surface area (Å²) in [6.07, 6.45) is 0. The van der Waals surface area contributed by atoms with Crippen molar-refractivity contribution in [2.45, 2.75) is 0 Å². The van der Waals surface area contributed by atoms with Gasteiger partial charge < -0.3 is 0 Å². The lowest BCUT2D eigenvalue weighted by Gasteiger charge is -2.05. The molecule has 0 fully saturated rings. The zero-order valence-corrected chi connectivity index (χ0v) is 11.1. The van der Waals surface area contributed by atoms with E-state index in [9.17, 15) is 4.79 Å². The quantitative estimate of drug-likeness (QED) is 0.572. The summed E-state index contributed by atoms with van der Waals surface area (Å²) >= 11 is 0. The first-order valence-electron chi connectivity index (χ1n) is 6.45. The van der Waals surface area contributed by atoms with E-state index in [0.29, 0.717) is 5.69 Å². The number of aromatic nitrogens is 2. The highest BCUT2D eigenvalue weighted by Crippen LogP contribution is 2.21. The third-order valence-corrected chi connectivity index (χ3v) is 3.11. The fraction of sp³-hybridized carbons (Fsp3) is 0. The third kappa shape index (κ3) is 2.54. The second-order valence-corrected chi connectivity index (χ2v) is 4.47. The first-order chi connectivity index (χ1) is 10.3. The SMILES string of the molecule is O=C(NO)c1cc(-c2ccccc2)nn1-c1ccccc1. The monoisotopic (exact) mass is 279 g/mol. The molecule has 2 aromatic carbocycles. The number of amides is 1. The summed E-state index contributed by atoms with van der Waals surface area (Å²) < 4.78 is 1.51. The molecule has 0 radical (unpaired) electrons. The van der Waals surface area contributed by atoms with Crippen LogP contribution >= 0.6 is 0 Å². The minimum Gasteiger partial charge on any atom is -0.288 e. The molecular weight excluding hydrogens is 266 g/mol. The molecular formula is C16H13N3O2. The fourth-order valence-electron chi connectivity index (χ4n) is 2.12. The second-order valence-electron chi connectivity index (χ2n) is 4.47. The summed E-state index contributed by atoms with van der Waals surface area (Å²) in [5.74, 6) is -0.603. The predicted octanol–water partition coefficient (Wildman–Crippen LogP) is 2.66. The zero-order valence-electron chi connectivity index (χ0n) is 11.1. The molecule has 0 saturated carbocycles. The highest BCUT2D eigenvalue weighted by molar-refractivity contribution is 5.93. The molecule has 0 atom stereocenters. The lowest BCUT2D eigenvalue weighted by Crippen LogP contribution is -2.22. The summed E-state index contributed by atoms with van der Waals surface area (Å²) in [5.41, 5.74) is 4.24. The molecule has 5 nitrogen and oxygen atoms in total. The van der Waals surface area contributed by atoms with Crippen LogP contribution < -0.4 is 5.48 Å². The van der Waals surface area contributed by atoms with Crippen molar-refractivity contribution in [3.05, 3.63) is 72.4 Å². The molecule has 3 rings (SSSR count). The molecule has 5 heteroatoms. The van der Waals surface area contributed by atoms with Crippen molar-refractivity contribution < 1.29 is 10.0 Å². The molecule has 2 N–H and O–H groups in total. The van der Waals surface area contributed by atoms with Crippen molar-refractivity contribution in [1.82, 2.24) is 15.3 Å². The second kappa shape index (κ2) is 5.60. The fourth-order valence-corrected chi connectivity index (χ4v) is 2.12. The van der Waals surface area contributed by atoms with Gasteiger partial charge in [0.05, 0.1) is 11.4 Å². The van der Waals surface area contributed by atoms with Gasteiger partial charge in [-0.2, -0.15) is 5.10 Å². The Morgan fingerprint density at radius 3 is 2.24 bits per heavy atom. The molecule has 0 aliphatic rings. The van der Waals surface area contributed by atoms with E-state index in [-0.39, 0.29) is 5.69 Å². The minimum absolute atomic E-state index is 0.266. The Balaban J connectivity index is 2.14. The van der Waals surface area contributed by atoms with E-state index in [4.69, 9.17) is 5.21 Å². The number of carbonyl (C=O) groups excluding carboxylic acids is 1.